The monoisotopic (exact) mass is 229 g/mol. The summed E-state index contributed by atoms with van der Waals surface area (Å²) in [6.07, 6.45) is 0. The lowest BCUT2D eigenvalue weighted by Gasteiger charge is -1.98. The minimum atomic E-state index is -0.0208. The Bertz CT molecular complexity index is 550. The van der Waals surface area contributed by atoms with Crippen molar-refractivity contribution in [3.05, 3.63) is 42.5 Å². The third kappa shape index (κ3) is 2.72. The van der Waals surface area contributed by atoms with Crippen LogP contribution >= 0.6 is 0 Å². The van der Waals surface area contributed by atoms with E-state index in [4.69, 9.17) is 10.8 Å². The van der Waals surface area contributed by atoms with Crippen LogP contribution in [0.3, 0.4) is 0 Å². The van der Waals surface area contributed by atoms with Gasteiger partial charge in [0, 0.05) is 11.8 Å². The third-order valence-electron chi connectivity index (χ3n) is 2.12. The number of anilines is 1. The first kappa shape index (κ1) is 10.9. The van der Waals surface area contributed by atoms with Crippen LogP contribution in [0.5, 0.6) is 11.5 Å². The van der Waals surface area contributed by atoms with Gasteiger partial charge < -0.3 is 15.9 Å². The lowest BCUT2D eigenvalue weighted by Crippen LogP contribution is -1.81. The van der Waals surface area contributed by atoms with Crippen LogP contribution in [-0.4, -0.2) is 10.2 Å². The van der Waals surface area contributed by atoms with Crippen molar-refractivity contribution < 1.29 is 10.2 Å². The van der Waals surface area contributed by atoms with Crippen LogP contribution in [0.1, 0.15) is 0 Å². The normalized spacial score (nSPS) is 10.8. The first-order valence-corrected chi connectivity index (χ1v) is 4.94. The second-order valence-electron chi connectivity index (χ2n) is 3.46. The van der Waals surface area contributed by atoms with Crippen LogP contribution in [0.25, 0.3) is 0 Å². The average Bonchev–Trinajstić information content (AvgIpc) is 2.30. The van der Waals surface area contributed by atoms with Crippen LogP contribution < -0.4 is 5.73 Å². The molecule has 0 unspecified atom stereocenters. The molecule has 0 spiro atoms. The number of rotatable bonds is 2. The number of hydrogen-bond donors (Lipinski definition) is 3. The maximum atomic E-state index is 9.54. The van der Waals surface area contributed by atoms with E-state index < -0.39 is 0 Å². The number of nitrogens with zero attached hydrogens (tertiary/aromatic N) is 2. The number of azo groups is 1. The Balaban J connectivity index is 2.23. The Labute approximate surface area is 97.9 Å². The molecule has 0 aliphatic heterocycles. The summed E-state index contributed by atoms with van der Waals surface area (Å²) in [5.74, 6) is 0.145. The molecule has 0 aliphatic carbocycles. The molecule has 5 nitrogen and oxygen atoms in total. The molecule has 5 heteroatoms. The van der Waals surface area contributed by atoms with E-state index in [0.29, 0.717) is 17.1 Å². The summed E-state index contributed by atoms with van der Waals surface area (Å²) in [4.78, 5) is 0. The molecular formula is C12H11N3O2. The number of nitrogen functional groups attached to an aromatic ring is 1. The van der Waals surface area contributed by atoms with Crippen molar-refractivity contribution in [3.63, 3.8) is 0 Å². The topological polar surface area (TPSA) is 91.2 Å². The summed E-state index contributed by atoms with van der Waals surface area (Å²) < 4.78 is 0. The van der Waals surface area contributed by atoms with E-state index in [1.54, 1.807) is 24.3 Å². The van der Waals surface area contributed by atoms with E-state index in [-0.39, 0.29) is 11.5 Å². The van der Waals surface area contributed by atoms with Crippen molar-refractivity contribution in [3.8, 4) is 11.5 Å². The Morgan fingerprint density at radius 2 is 1.59 bits per heavy atom. The summed E-state index contributed by atoms with van der Waals surface area (Å²) in [5.41, 5.74) is 6.88. The quantitative estimate of drug-likeness (QED) is 0.545. The van der Waals surface area contributed by atoms with Gasteiger partial charge in [-0.3, -0.25) is 0 Å². The minimum Gasteiger partial charge on any atom is -0.508 e. The number of aromatic hydroxyl groups is 2. The van der Waals surface area contributed by atoms with E-state index in [1.807, 2.05) is 0 Å². The molecule has 2 aromatic carbocycles. The Kier molecular flexibility index (Phi) is 2.91. The summed E-state index contributed by atoms with van der Waals surface area (Å²) >= 11 is 0. The Morgan fingerprint density at radius 3 is 2.24 bits per heavy atom. The van der Waals surface area contributed by atoms with E-state index in [0.717, 1.165) is 0 Å². The molecule has 0 radical (unpaired) electrons. The number of benzene rings is 2. The van der Waals surface area contributed by atoms with Crippen molar-refractivity contribution in [1.29, 1.82) is 0 Å². The van der Waals surface area contributed by atoms with Gasteiger partial charge in [-0.15, -0.1) is 5.11 Å². The van der Waals surface area contributed by atoms with Gasteiger partial charge >= 0.3 is 0 Å². The van der Waals surface area contributed by atoms with E-state index in [9.17, 15) is 5.11 Å². The molecule has 0 aliphatic rings. The molecular weight excluding hydrogens is 218 g/mol. The van der Waals surface area contributed by atoms with Gasteiger partial charge in [-0.05, 0) is 36.4 Å². The van der Waals surface area contributed by atoms with Crippen molar-refractivity contribution in [2.24, 2.45) is 10.2 Å². The van der Waals surface area contributed by atoms with Gasteiger partial charge in [-0.2, -0.15) is 5.11 Å². The first-order chi connectivity index (χ1) is 8.15. The SMILES string of the molecule is Nc1ccc(N=Nc2ccc(O)cc2)c(O)c1. The number of nitrogens with two attached hydrogens (primary N) is 1. The summed E-state index contributed by atoms with van der Waals surface area (Å²) in [7, 11) is 0. The fourth-order valence-corrected chi connectivity index (χ4v) is 1.26. The maximum absolute atomic E-state index is 9.54. The standard InChI is InChI=1S/C12H11N3O2/c13-8-1-6-11(12(17)7-8)15-14-9-2-4-10(16)5-3-9/h1-7,16-17H,13H2. The second kappa shape index (κ2) is 4.52. The Morgan fingerprint density at radius 1 is 0.882 bits per heavy atom. The van der Waals surface area contributed by atoms with Gasteiger partial charge in [0.2, 0.25) is 0 Å². The van der Waals surface area contributed by atoms with Crippen molar-refractivity contribution in [2.75, 3.05) is 5.73 Å². The zero-order valence-electron chi connectivity index (χ0n) is 8.91. The van der Waals surface area contributed by atoms with Crippen LogP contribution in [0.2, 0.25) is 0 Å². The molecule has 0 saturated carbocycles. The first-order valence-electron chi connectivity index (χ1n) is 4.94. The van der Waals surface area contributed by atoms with E-state index >= 15 is 0 Å². The fraction of sp³-hybridized carbons (Fsp3) is 0. The van der Waals surface area contributed by atoms with Gasteiger partial charge in [0.05, 0.1) is 5.69 Å². The van der Waals surface area contributed by atoms with Gasteiger partial charge in [0.25, 0.3) is 0 Å². The van der Waals surface area contributed by atoms with Crippen LogP contribution in [0.4, 0.5) is 17.1 Å². The van der Waals surface area contributed by atoms with Crippen LogP contribution in [-0.2, 0) is 0 Å². The maximum Gasteiger partial charge on any atom is 0.145 e. The molecule has 17 heavy (non-hydrogen) atoms. The lowest BCUT2D eigenvalue weighted by atomic mass is 10.2. The smallest absolute Gasteiger partial charge is 0.145 e. The highest BCUT2D eigenvalue weighted by molar-refractivity contribution is 5.58. The summed E-state index contributed by atoms with van der Waals surface area (Å²) in [6, 6.07) is 10.9. The second-order valence-corrected chi connectivity index (χ2v) is 3.46. The average molecular weight is 229 g/mol. The zero-order valence-corrected chi connectivity index (χ0v) is 8.91. The highest BCUT2D eigenvalue weighted by Crippen LogP contribution is 2.29. The highest BCUT2D eigenvalue weighted by atomic mass is 16.3. The highest BCUT2D eigenvalue weighted by Gasteiger charge is 1.99. The molecule has 2 aromatic rings. The largest absolute Gasteiger partial charge is 0.508 e. The zero-order chi connectivity index (χ0) is 12.3. The molecule has 0 fully saturated rings. The van der Waals surface area contributed by atoms with Crippen molar-refractivity contribution in [2.45, 2.75) is 0 Å². The Hall–Kier alpha value is -2.56. The molecule has 0 saturated heterocycles. The molecule has 0 aromatic heterocycles. The third-order valence-corrected chi connectivity index (χ3v) is 2.12. The molecule has 4 N–H and O–H groups in total. The minimum absolute atomic E-state index is 0.0208. The van der Waals surface area contributed by atoms with Gasteiger partial charge in [0.1, 0.15) is 17.2 Å². The van der Waals surface area contributed by atoms with Gasteiger partial charge in [-0.1, -0.05) is 0 Å². The summed E-state index contributed by atoms with van der Waals surface area (Å²) in [5, 5.41) is 26.4. The van der Waals surface area contributed by atoms with Gasteiger partial charge in [-0.25, -0.2) is 0 Å². The lowest BCUT2D eigenvalue weighted by molar-refractivity contribution is 0.475. The number of phenols is 2. The fourth-order valence-electron chi connectivity index (χ4n) is 1.26. The van der Waals surface area contributed by atoms with Gasteiger partial charge in [0.15, 0.2) is 0 Å². The van der Waals surface area contributed by atoms with Crippen LogP contribution in [0.15, 0.2) is 52.7 Å². The molecule has 0 atom stereocenters. The number of phenolic OH excluding ortho intramolecular Hbond substituents is 2. The van der Waals surface area contributed by atoms with E-state index in [2.05, 4.69) is 10.2 Å². The predicted molar refractivity (Wildman–Crippen MR) is 64.8 cm³/mol. The molecule has 0 bridgehead atoms. The molecule has 2 rings (SSSR count). The molecule has 0 heterocycles. The molecule has 0 amide bonds. The predicted octanol–water partition coefficient (Wildman–Crippen LogP) is 3.10. The summed E-state index contributed by atoms with van der Waals surface area (Å²) in [6.45, 7) is 0. The van der Waals surface area contributed by atoms with E-state index in [1.165, 1.54) is 18.2 Å². The van der Waals surface area contributed by atoms with Crippen molar-refractivity contribution in [1.82, 2.24) is 0 Å². The number of hydrogen-bond acceptors (Lipinski definition) is 5. The molecule has 86 valence electrons. The van der Waals surface area contributed by atoms with Crippen molar-refractivity contribution >= 4 is 17.1 Å². The van der Waals surface area contributed by atoms with Crippen LogP contribution in [0, 0.1) is 0 Å².